The summed E-state index contributed by atoms with van der Waals surface area (Å²) in [6, 6.07) is 0. The monoisotopic (exact) mass is 193 g/mol. The predicted octanol–water partition coefficient (Wildman–Crippen LogP) is 1.18. The number of hydrogen-bond acceptors (Lipinski definition) is 3. The summed E-state index contributed by atoms with van der Waals surface area (Å²) in [5.41, 5.74) is 2.37. The van der Waals surface area contributed by atoms with E-state index in [1.807, 2.05) is 19.4 Å². The Morgan fingerprint density at radius 2 is 2.57 bits per heavy atom. The molecule has 2 rings (SSSR count). The predicted molar refractivity (Wildman–Crippen MR) is 55.2 cm³/mol. The van der Waals surface area contributed by atoms with Crippen LogP contribution < -0.4 is 5.32 Å². The van der Waals surface area contributed by atoms with Gasteiger partial charge in [-0.3, -0.25) is 4.68 Å². The minimum atomic E-state index is 0.757. The minimum absolute atomic E-state index is 0.757. The number of aromatic nitrogens is 2. The fourth-order valence-corrected chi connectivity index (χ4v) is 1.46. The van der Waals surface area contributed by atoms with Crippen LogP contribution in [0.3, 0.4) is 0 Å². The molecule has 0 fully saturated rings. The van der Waals surface area contributed by atoms with Crippen LogP contribution in [0.5, 0.6) is 0 Å². The third-order valence-electron chi connectivity index (χ3n) is 2.21. The molecule has 0 bridgehead atoms. The van der Waals surface area contributed by atoms with Crippen molar-refractivity contribution in [3.8, 4) is 0 Å². The van der Waals surface area contributed by atoms with Crippen molar-refractivity contribution in [1.29, 1.82) is 0 Å². The van der Waals surface area contributed by atoms with Gasteiger partial charge in [-0.05, 0) is 12.0 Å². The average molecular weight is 193 g/mol. The molecule has 4 nitrogen and oxygen atoms in total. The van der Waals surface area contributed by atoms with Crippen molar-refractivity contribution >= 4 is 5.69 Å². The molecule has 14 heavy (non-hydrogen) atoms. The van der Waals surface area contributed by atoms with Crippen molar-refractivity contribution in [3.05, 3.63) is 24.0 Å². The average Bonchev–Trinajstić information content (AvgIpc) is 2.63. The Bertz CT molecular complexity index is 330. The Balaban J connectivity index is 1.84. The minimum Gasteiger partial charge on any atom is -0.379 e. The van der Waals surface area contributed by atoms with E-state index in [4.69, 9.17) is 4.74 Å². The molecule has 0 spiro atoms. The molecule has 1 aromatic heterocycles. The van der Waals surface area contributed by atoms with Gasteiger partial charge in [-0.15, -0.1) is 0 Å². The quantitative estimate of drug-likeness (QED) is 0.733. The van der Waals surface area contributed by atoms with Crippen molar-refractivity contribution in [3.63, 3.8) is 0 Å². The number of ether oxygens (including phenoxy) is 1. The van der Waals surface area contributed by atoms with Gasteiger partial charge >= 0.3 is 0 Å². The SMILES string of the molecule is Cn1cc(NCC2=CCCOC2)cn1. The molecule has 0 saturated carbocycles. The summed E-state index contributed by atoms with van der Waals surface area (Å²) in [5.74, 6) is 0. The lowest BCUT2D eigenvalue weighted by atomic mass is 10.2. The largest absolute Gasteiger partial charge is 0.379 e. The number of anilines is 1. The first kappa shape index (κ1) is 9.27. The topological polar surface area (TPSA) is 39.1 Å². The van der Waals surface area contributed by atoms with Crippen LogP contribution in [0.25, 0.3) is 0 Å². The van der Waals surface area contributed by atoms with Gasteiger partial charge in [0.2, 0.25) is 0 Å². The van der Waals surface area contributed by atoms with E-state index in [-0.39, 0.29) is 0 Å². The van der Waals surface area contributed by atoms with Crippen molar-refractivity contribution in [2.24, 2.45) is 7.05 Å². The zero-order valence-corrected chi connectivity index (χ0v) is 8.36. The summed E-state index contributed by atoms with van der Waals surface area (Å²) >= 11 is 0. The molecule has 0 aliphatic carbocycles. The first-order chi connectivity index (χ1) is 6.84. The fraction of sp³-hybridized carbons (Fsp3) is 0.500. The highest BCUT2D eigenvalue weighted by atomic mass is 16.5. The highest BCUT2D eigenvalue weighted by Crippen LogP contribution is 2.08. The zero-order chi connectivity index (χ0) is 9.80. The molecule has 1 aromatic rings. The third-order valence-corrected chi connectivity index (χ3v) is 2.21. The van der Waals surface area contributed by atoms with Gasteiger partial charge in [-0.25, -0.2) is 0 Å². The van der Waals surface area contributed by atoms with E-state index in [2.05, 4.69) is 16.5 Å². The van der Waals surface area contributed by atoms with E-state index in [0.29, 0.717) is 0 Å². The standard InChI is InChI=1S/C10H15N3O/c1-13-7-10(6-12-13)11-5-9-3-2-4-14-8-9/h3,6-7,11H,2,4-5,8H2,1H3. The van der Waals surface area contributed by atoms with E-state index >= 15 is 0 Å². The molecular weight excluding hydrogens is 178 g/mol. The second-order valence-electron chi connectivity index (χ2n) is 3.46. The van der Waals surface area contributed by atoms with Crippen molar-refractivity contribution < 1.29 is 4.74 Å². The van der Waals surface area contributed by atoms with E-state index in [1.54, 1.807) is 4.68 Å². The second kappa shape index (κ2) is 4.28. The van der Waals surface area contributed by atoms with Crippen LogP contribution in [-0.2, 0) is 11.8 Å². The summed E-state index contributed by atoms with van der Waals surface area (Å²) < 4.78 is 7.13. The highest BCUT2D eigenvalue weighted by molar-refractivity contribution is 5.39. The molecule has 0 atom stereocenters. The van der Waals surface area contributed by atoms with Crippen LogP contribution in [0, 0.1) is 0 Å². The Labute approximate surface area is 83.6 Å². The van der Waals surface area contributed by atoms with Crippen LogP contribution in [-0.4, -0.2) is 29.5 Å². The van der Waals surface area contributed by atoms with Crippen LogP contribution in [0.4, 0.5) is 5.69 Å². The summed E-state index contributed by atoms with van der Waals surface area (Å²) in [6.07, 6.45) is 7.06. The third kappa shape index (κ3) is 2.35. The van der Waals surface area contributed by atoms with Gasteiger partial charge in [-0.1, -0.05) is 6.08 Å². The first-order valence-electron chi connectivity index (χ1n) is 4.83. The summed E-state index contributed by atoms with van der Waals surface area (Å²) in [5, 5.41) is 7.39. The van der Waals surface area contributed by atoms with Gasteiger partial charge in [0.05, 0.1) is 25.1 Å². The smallest absolute Gasteiger partial charge is 0.0728 e. The maximum atomic E-state index is 5.35. The lowest BCUT2D eigenvalue weighted by molar-refractivity contribution is 0.150. The van der Waals surface area contributed by atoms with Gasteiger partial charge in [0.1, 0.15) is 0 Å². The molecule has 0 radical (unpaired) electrons. The number of nitrogens with one attached hydrogen (secondary N) is 1. The number of aryl methyl sites for hydroxylation is 1. The lowest BCUT2D eigenvalue weighted by Crippen LogP contribution is -2.13. The van der Waals surface area contributed by atoms with E-state index in [0.717, 1.165) is 31.9 Å². The van der Waals surface area contributed by atoms with Gasteiger partial charge in [0.15, 0.2) is 0 Å². The van der Waals surface area contributed by atoms with Crippen molar-refractivity contribution in [2.45, 2.75) is 6.42 Å². The Morgan fingerprint density at radius 3 is 3.21 bits per heavy atom. The zero-order valence-electron chi connectivity index (χ0n) is 8.36. The Morgan fingerprint density at radius 1 is 1.64 bits per heavy atom. The molecule has 76 valence electrons. The van der Waals surface area contributed by atoms with E-state index in [1.165, 1.54) is 5.57 Å². The molecule has 0 amide bonds. The molecule has 0 unspecified atom stereocenters. The summed E-state index contributed by atoms with van der Waals surface area (Å²) in [4.78, 5) is 0. The fourth-order valence-electron chi connectivity index (χ4n) is 1.46. The van der Waals surface area contributed by atoms with Crippen LogP contribution in [0.1, 0.15) is 6.42 Å². The van der Waals surface area contributed by atoms with Crippen molar-refractivity contribution in [1.82, 2.24) is 9.78 Å². The second-order valence-corrected chi connectivity index (χ2v) is 3.46. The highest BCUT2D eigenvalue weighted by Gasteiger charge is 2.03. The number of nitrogens with zero attached hydrogens (tertiary/aromatic N) is 2. The maximum Gasteiger partial charge on any atom is 0.0728 e. The summed E-state index contributed by atoms with van der Waals surface area (Å²) in [6.45, 7) is 2.47. The van der Waals surface area contributed by atoms with Crippen LogP contribution >= 0.6 is 0 Å². The summed E-state index contributed by atoms with van der Waals surface area (Å²) in [7, 11) is 1.91. The first-order valence-corrected chi connectivity index (χ1v) is 4.83. The molecule has 1 aliphatic rings. The van der Waals surface area contributed by atoms with Gasteiger partial charge < -0.3 is 10.1 Å². The molecule has 2 heterocycles. The maximum absolute atomic E-state index is 5.35. The van der Waals surface area contributed by atoms with Gasteiger partial charge in [0, 0.05) is 19.8 Å². The van der Waals surface area contributed by atoms with Crippen molar-refractivity contribution in [2.75, 3.05) is 25.1 Å². The van der Waals surface area contributed by atoms with Gasteiger partial charge in [0.25, 0.3) is 0 Å². The van der Waals surface area contributed by atoms with Gasteiger partial charge in [-0.2, -0.15) is 5.10 Å². The van der Waals surface area contributed by atoms with E-state index in [9.17, 15) is 0 Å². The molecule has 0 saturated heterocycles. The molecule has 0 aromatic carbocycles. The Kier molecular flexibility index (Phi) is 2.84. The Hall–Kier alpha value is -1.29. The van der Waals surface area contributed by atoms with Crippen LogP contribution in [0.2, 0.25) is 0 Å². The number of rotatable bonds is 3. The van der Waals surface area contributed by atoms with E-state index < -0.39 is 0 Å². The molecule has 1 aliphatic heterocycles. The lowest BCUT2D eigenvalue weighted by Gasteiger charge is -2.13. The van der Waals surface area contributed by atoms with Crippen LogP contribution in [0.15, 0.2) is 24.0 Å². The normalized spacial score (nSPS) is 16.5. The molecule has 4 heteroatoms. The molecule has 1 N–H and O–H groups in total. The number of hydrogen-bond donors (Lipinski definition) is 1. The molecular formula is C10H15N3O.